The quantitative estimate of drug-likeness (QED) is 0.539. The van der Waals surface area contributed by atoms with E-state index in [1.807, 2.05) is 0 Å². The van der Waals surface area contributed by atoms with E-state index in [1.165, 1.54) is 38.8 Å². The molecule has 64 valence electrons. The van der Waals surface area contributed by atoms with E-state index in [9.17, 15) is 0 Å². The van der Waals surface area contributed by atoms with E-state index in [0.29, 0.717) is 6.04 Å². The van der Waals surface area contributed by atoms with Crippen LogP contribution in [0.2, 0.25) is 0 Å². The maximum Gasteiger partial charge on any atom is 0.00824 e. The number of hydrogen-bond donors (Lipinski definition) is 2. The van der Waals surface area contributed by atoms with Crippen molar-refractivity contribution in [2.45, 2.75) is 31.7 Å². The van der Waals surface area contributed by atoms with E-state index in [-0.39, 0.29) is 0 Å². The molecule has 0 radical (unpaired) electrons. The van der Waals surface area contributed by atoms with Crippen LogP contribution in [-0.4, -0.2) is 19.1 Å². The average molecular weight is 154 g/mol. The predicted octanol–water partition coefficient (Wildman–Crippen LogP) is 0.723. The molecule has 1 aliphatic carbocycles. The van der Waals surface area contributed by atoms with Gasteiger partial charge >= 0.3 is 0 Å². The molecular weight excluding hydrogens is 136 g/mol. The van der Waals surface area contributed by atoms with Crippen LogP contribution in [0.4, 0.5) is 0 Å². The molecule has 0 aromatic rings. The summed E-state index contributed by atoms with van der Waals surface area (Å²) in [4.78, 5) is 0. The molecule has 0 aromatic carbocycles. The van der Waals surface area contributed by atoms with Crippen LogP contribution in [0.15, 0.2) is 0 Å². The fourth-order valence-electron chi connectivity index (χ4n) is 2.57. The second-order valence-electron chi connectivity index (χ2n) is 4.03. The first-order valence-electron chi connectivity index (χ1n) is 4.84. The van der Waals surface area contributed by atoms with Crippen LogP contribution in [0.5, 0.6) is 0 Å². The summed E-state index contributed by atoms with van der Waals surface area (Å²) in [5.74, 6) is 1.69. The van der Waals surface area contributed by atoms with Crippen molar-refractivity contribution in [3.8, 4) is 0 Å². The molecule has 2 nitrogen and oxygen atoms in total. The van der Waals surface area contributed by atoms with Crippen LogP contribution < -0.4 is 11.1 Å². The van der Waals surface area contributed by atoms with Crippen molar-refractivity contribution in [1.29, 1.82) is 0 Å². The maximum absolute atomic E-state index is 6.08. The van der Waals surface area contributed by atoms with Crippen LogP contribution in [0.3, 0.4) is 0 Å². The first-order chi connectivity index (χ1) is 5.38. The van der Waals surface area contributed by atoms with Crippen molar-refractivity contribution in [2.75, 3.05) is 13.1 Å². The molecule has 0 bridgehead atoms. The molecule has 1 heterocycles. The van der Waals surface area contributed by atoms with E-state index >= 15 is 0 Å². The van der Waals surface area contributed by atoms with Crippen molar-refractivity contribution in [2.24, 2.45) is 17.6 Å². The summed E-state index contributed by atoms with van der Waals surface area (Å²) in [5, 5.41) is 3.44. The Hall–Kier alpha value is -0.0800. The van der Waals surface area contributed by atoms with Gasteiger partial charge in [0.05, 0.1) is 0 Å². The minimum atomic E-state index is 0.484. The number of nitrogens with two attached hydrogens (primary N) is 1. The molecule has 1 saturated carbocycles. The number of rotatable bonds is 0. The summed E-state index contributed by atoms with van der Waals surface area (Å²) < 4.78 is 0. The normalized spacial score (nSPS) is 45.0. The molecule has 3 N–H and O–H groups in total. The molecular formula is C9H18N2. The van der Waals surface area contributed by atoms with Gasteiger partial charge in [-0.3, -0.25) is 0 Å². The Morgan fingerprint density at radius 2 is 1.91 bits per heavy atom. The van der Waals surface area contributed by atoms with E-state index in [2.05, 4.69) is 5.32 Å². The van der Waals surface area contributed by atoms with Gasteiger partial charge in [0.15, 0.2) is 0 Å². The summed E-state index contributed by atoms with van der Waals surface area (Å²) in [6.45, 7) is 2.39. The lowest BCUT2D eigenvalue weighted by molar-refractivity contribution is 0.354. The van der Waals surface area contributed by atoms with Gasteiger partial charge in [0, 0.05) is 6.04 Å². The average Bonchev–Trinajstić information content (AvgIpc) is 2.40. The summed E-state index contributed by atoms with van der Waals surface area (Å²) >= 11 is 0. The predicted molar refractivity (Wildman–Crippen MR) is 46.3 cm³/mol. The second kappa shape index (κ2) is 3.11. The van der Waals surface area contributed by atoms with E-state index in [1.54, 1.807) is 0 Å². The van der Waals surface area contributed by atoms with Crippen LogP contribution >= 0.6 is 0 Å². The summed E-state index contributed by atoms with van der Waals surface area (Å²) in [6.07, 6.45) is 5.42. The molecule has 2 rings (SSSR count). The van der Waals surface area contributed by atoms with Gasteiger partial charge in [-0.1, -0.05) is 12.8 Å². The van der Waals surface area contributed by atoms with Gasteiger partial charge < -0.3 is 11.1 Å². The van der Waals surface area contributed by atoms with Crippen molar-refractivity contribution in [1.82, 2.24) is 5.32 Å². The van der Waals surface area contributed by atoms with Gasteiger partial charge in [0.2, 0.25) is 0 Å². The van der Waals surface area contributed by atoms with Crippen LogP contribution in [-0.2, 0) is 0 Å². The highest BCUT2D eigenvalue weighted by molar-refractivity contribution is 4.89. The molecule has 1 aliphatic heterocycles. The molecule has 2 aliphatic rings. The minimum Gasteiger partial charge on any atom is -0.327 e. The third-order valence-corrected chi connectivity index (χ3v) is 3.30. The Labute approximate surface area is 68.5 Å². The standard InChI is InChI=1S/C9H18N2/c10-9-4-2-1-3-7-5-11-6-8(7)9/h7-9,11H,1-6,10H2. The SMILES string of the molecule is NC1CCCCC2CNCC12. The number of hydrogen-bond acceptors (Lipinski definition) is 2. The van der Waals surface area contributed by atoms with Gasteiger partial charge in [0.1, 0.15) is 0 Å². The Balaban J connectivity index is 2.03. The zero-order chi connectivity index (χ0) is 7.68. The Morgan fingerprint density at radius 3 is 2.82 bits per heavy atom. The lowest BCUT2D eigenvalue weighted by Gasteiger charge is -2.20. The Bertz CT molecular complexity index is 136. The van der Waals surface area contributed by atoms with Crippen molar-refractivity contribution in [3.05, 3.63) is 0 Å². The number of nitrogens with one attached hydrogen (secondary N) is 1. The van der Waals surface area contributed by atoms with Crippen molar-refractivity contribution < 1.29 is 0 Å². The molecule has 3 atom stereocenters. The highest BCUT2D eigenvalue weighted by atomic mass is 14.9. The van der Waals surface area contributed by atoms with Gasteiger partial charge in [-0.25, -0.2) is 0 Å². The smallest absolute Gasteiger partial charge is 0.00824 e. The molecule has 2 fully saturated rings. The van der Waals surface area contributed by atoms with E-state index in [4.69, 9.17) is 5.73 Å². The molecule has 0 spiro atoms. The van der Waals surface area contributed by atoms with Crippen LogP contribution in [0.1, 0.15) is 25.7 Å². The third-order valence-electron chi connectivity index (χ3n) is 3.30. The lowest BCUT2D eigenvalue weighted by Crippen LogP contribution is -2.33. The summed E-state index contributed by atoms with van der Waals surface area (Å²) in [5.41, 5.74) is 6.08. The fourth-order valence-corrected chi connectivity index (χ4v) is 2.57. The minimum absolute atomic E-state index is 0.484. The molecule has 0 aromatic heterocycles. The number of fused-ring (bicyclic) bond motifs is 1. The van der Waals surface area contributed by atoms with Crippen LogP contribution in [0, 0.1) is 11.8 Å². The topological polar surface area (TPSA) is 38.0 Å². The Kier molecular flexibility index (Phi) is 2.14. The molecule has 0 amide bonds. The first-order valence-corrected chi connectivity index (χ1v) is 4.84. The van der Waals surface area contributed by atoms with Gasteiger partial charge in [-0.05, 0) is 37.8 Å². The third kappa shape index (κ3) is 1.42. The largest absolute Gasteiger partial charge is 0.327 e. The van der Waals surface area contributed by atoms with Crippen molar-refractivity contribution >= 4 is 0 Å². The molecule has 11 heavy (non-hydrogen) atoms. The first kappa shape index (κ1) is 7.56. The highest BCUT2D eigenvalue weighted by Gasteiger charge is 2.32. The fraction of sp³-hybridized carbons (Fsp3) is 1.00. The van der Waals surface area contributed by atoms with E-state index in [0.717, 1.165) is 11.8 Å². The zero-order valence-corrected chi connectivity index (χ0v) is 7.05. The maximum atomic E-state index is 6.08. The van der Waals surface area contributed by atoms with Gasteiger partial charge in [-0.15, -0.1) is 0 Å². The monoisotopic (exact) mass is 154 g/mol. The van der Waals surface area contributed by atoms with Gasteiger partial charge in [-0.2, -0.15) is 0 Å². The lowest BCUT2D eigenvalue weighted by atomic mass is 9.88. The summed E-state index contributed by atoms with van der Waals surface area (Å²) in [6, 6.07) is 0.484. The second-order valence-corrected chi connectivity index (χ2v) is 4.03. The molecule has 2 heteroatoms. The zero-order valence-electron chi connectivity index (χ0n) is 7.05. The molecule has 3 unspecified atom stereocenters. The molecule has 1 saturated heterocycles. The van der Waals surface area contributed by atoms with Crippen molar-refractivity contribution in [3.63, 3.8) is 0 Å². The summed E-state index contributed by atoms with van der Waals surface area (Å²) in [7, 11) is 0. The van der Waals surface area contributed by atoms with E-state index < -0.39 is 0 Å². The highest BCUT2D eigenvalue weighted by Crippen LogP contribution is 2.30. The Morgan fingerprint density at radius 1 is 1.09 bits per heavy atom. The van der Waals surface area contributed by atoms with Gasteiger partial charge in [0.25, 0.3) is 0 Å². The van der Waals surface area contributed by atoms with Crippen LogP contribution in [0.25, 0.3) is 0 Å².